The van der Waals surface area contributed by atoms with Crippen molar-refractivity contribution in [3.63, 3.8) is 0 Å². The molecule has 3 rings (SSSR count). The van der Waals surface area contributed by atoms with Gasteiger partial charge in [0.25, 0.3) is 0 Å². The summed E-state index contributed by atoms with van der Waals surface area (Å²) < 4.78 is 0. The van der Waals surface area contributed by atoms with Crippen LogP contribution in [0.2, 0.25) is 0 Å². The number of pyridine rings is 1. The number of rotatable bonds is 3. The lowest BCUT2D eigenvalue weighted by Gasteiger charge is -2.37. The fraction of sp³-hybridized carbons (Fsp3) is 0.688. The van der Waals surface area contributed by atoms with Gasteiger partial charge in [0.15, 0.2) is 0 Å². The summed E-state index contributed by atoms with van der Waals surface area (Å²) >= 11 is 0. The summed E-state index contributed by atoms with van der Waals surface area (Å²) in [4.78, 5) is 6.98. The first-order valence-corrected chi connectivity index (χ1v) is 7.67. The molecule has 0 radical (unpaired) electrons. The molecule has 3 unspecified atom stereocenters. The van der Waals surface area contributed by atoms with Crippen molar-refractivity contribution < 1.29 is 0 Å². The van der Waals surface area contributed by atoms with Gasteiger partial charge in [0, 0.05) is 31.0 Å². The van der Waals surface area contributed by atoms with E-state index in [0.717, 1.165) is 12.0 Å². The quantitative estimate of drug-likeness (QED) is 0.907. The van der Waals surface area contributed by atoms with Crippen molar-refractivity contribution in [1.29, 1.82) is 0 Å². The fourth-order valence-electron chi connectivity index (χ4n) is 4.10. The molecule has 1 aliphatic carbocycles. The molecular weight excluding hydrogens is 234 g/mol. The van der Waals surface area contributed by atoms with Crippen LogP contribution in [0.1, 0.15) is 49.3 Å². The van der Waals surface area contributed by atoms with Crippen molar-refractivity contribution in [2.45, 2.75) is 51.1 Å². The van der Waals surface area contributed by atoms with Crippen LogP contribution in [0.15, 0.2) is 18.5 Å². The summed E-state index contributed by atoms with van der Waals surface area (Å²) in [7, 11) is 0. The predicted octanol–water partition coefficient (Wildman–Crippen LogP) is 2.65. The van der Waals surface area contributed by atoms with E-state index in [1.165, 1.54) is 49.8 Å². The van der Waals surface area contributed by atoms with Gasteiger partial charge in [0.2, 0.25) is 0 Å². The Bertz CT molecular complexity index is 432. The molecule has 1 aliphatic heterocycles. The highest BCUT2D eigenvalue weighted by Crippen LogP contribution is 2.40. The molecule has 0 spiro atoms. The Morgan fingerprint density at radius 2 is 2.21 bits per heavy atom. The first kappa shape index (κ1) is 13.1. The van der Waals surface area contributed by atoms with Gasteiger partial charge in [-0.2, -0.15) is 0 Å². The summed E-state index contributed by atoms with van der Waals surface area (Å²) in [5.74, 6) is 0.916. The highest BCUT2D eigenvalue weighted by molar-refractivity contribution is 5.26. The maximum Gasteiger partial charge on any atom is 0.0491 e. The van der Waals surface area contributed by atoms with Crippen molar-refractivity contribution >= 4 is 0 Å². The zero-order valence-corrected chi connectivity index (χ0v) is 11.9. The molecular formula is C16H25N3. The number of nitrogens with zero attached hydrogens (tertiary/aromatic N) is 2. The van der Waals surface area contributed by atoms with Crippen molar-refractivity contribution in [3.8, 4) is 0 Å². The Hall–Kier alpha value is -0.930. The number of nitrogens with two attached hydrogens (primary N) is 1. The lowest BCUT2D eigenvalue weighted by molar-refractivity contribution is 0.135. The molecule has 2 aliphatic rings. The Balaban J connectivity index is 1.85. The van der Waals surface area contributed by atoms with E-state index in [2.05, 4.69) is 22.9 Å². The van der Waals surface area contributed by atoms with Crippen LogP contribution in [0.25, 0.3) is 0 Å². The second-order valence-electron chi connectivity index (χ2n) is 6.12. The Kier molecular flexibility index (Phi) is 3.85. The van der Waals surface area contributed by atoms with Gasteiger partial charge in [-0.15, -0.1) is 0 Å². The number of likely N-dealkylation sites (tertiary alicyclic amines) is 1. The molecule has 2 heterocycles. The minimum Gasteiger partial charge on any atom is -0.329 e. The molecule has 1 aromatic rings. The lowest BCUT2D eigenvalue weighted by atomic mass is 9.84. The first-order chi connectivity index (χ1) is 9.31. The zero-order valence-electron chi connectivity index (χ0n) is 11.9. The second kappa shape index (κ2) is 5.59. The van der Waals surface area contributed by atoms with Gasteiger partial charge in [0.05, 0.1) is 0 Å². The molecule has 0 aromatic carbocycles. The van der Waals surface area contributed by atoms with Gasteiger partial charge in [-0.05, 0) is 55.8 Å². The fourth-order valence-corrected chi connectivity index (χ4v) is 4.10. The average Bonchev–Trinajstić information content (AvgIpc) is 2.86. The van der Waals surface area contributed by atoms with E-state index >= 15 is 0 Å². The minimum absolute atomic E-state index is 0.363. The van der Waals surface area contributed by atoms with E-state index in [4.69, 9.17) is 5.73 Å². The Morgan fingerprint density at radius 1 is 1.37 bits per heavy atom. The topological polar surface area (TPSA) is 42.1 Å². The lowest BCUT2D eigenvalue weighted by Crippen LogP contribution is -2.40. The molecule has 0 amide bonds. The maximum absolute atomic E-state index is 6.11. The van der Waals surface area contributed by atoms with E-state index in [1.54, 1.807) is 0 Å². The molecule has 1 saturated carbocycles. The molecule has 3 atom stereocenters. The van der Waals surface area contributed by atoms with Gasteiger partial charge in [0.1, 0.15) is 0 Å². The summed E-state index contributed by atoms with van der Waals surface area (Å²) in [6.45, 7) is 4.09. The monoisotopic (exact) mass is 259 g/mol. The van der Waals surface area contributed by atoms with Crippen LogP contribution in [0.3, 0.4) is 0 Å². The summed E-state index contributed by atoms with van der Waals surface area (Å²) in [6.07, 6.45) is 10.9. The SMILES string of the molecule is Cc1ccncc1C(CN)N1CCC2CCCCC21. The molecule has 2 fully saturated rings. The van der Waals surface area contributed by atoms with Crippen LogP contribution in [-0.4, -0.2) is 29.0 Å². The predicted molar refractivity (Wildman–Crippen MR) is 77.8 cm³/mol. The van der Waals surface area contributed by atoms with Crippen molar-refractivity contribution in [1.82, 2.24) is 9.88 Å². The molecule has 3 heteroatoms. The molecule has 3 nitrogen and oxygen atoms in total. The zero-order chi connectivity index (χ0) is 13.2. The highest BCUT2D eigenvalue weighted by atomic mass is 15.2. The number of aromatic nitrogens is 1. The average molecular weight is 259 g/mol. The third-order valence-electron chi connectivity index (χ3n) is 5.12. The summed E-state index contributed by atoms with van der Waals surface area (Å²) in [5, 5.41) is 0. The van der Waals surface area contributed by atoms with Crippen LogP contribution >= 0.6 is 0 Å². The first-order valence-electron chi connectivity index (χ1n) is 7.67. The number of hydrogen-bond donors (Lipinski definition) is 1. The minimum atomic E-state index is 0.363. The molecule has 1 aromatic heterocycles. The van der Waals surface area contributed by atoms with Gasteiger partial charge in [-0.25, -0.2) is 0 Å². The molecule has 19 heavy (non-hydrogen) atoms. The maximum atomic E-state index is 6.11. The van der Waals surface area contributed by atoms with Crippen molar-refractivity contribution in [2.24, 2.45) is 11.7 Å². The van der Waals surface area contributed by atoms with E-state index in [0.29, 0.717) is 12.6 Å². The van der Waals surface area contributed by atoms with Gasteiger partial charge >= 0.3 is 0 Å². The van der Waals surface area contributed by atoms with E-state index in [-0.39, 0.29) is 0 Å². The van der Waals surface area contributed by atoms with E-state index < -0.39 is 0 Å². The van der Waals surface area contributed by atoms with Crippen molar-refractivity contribution in [2.75, 3.05) is 13.1 Å². The second-order valence-corrected chi connectivity index (χ2v) is 6.12. The van der Waals surface area contributed by atoms with Crippen LogP contribution < -0.4 is 5.73 Å². The number of aryl methyl sites for hydroxylation is 1. The van der Waals surface area contributed by atoms with Crippen LogP contribution in [0.4, 0.5) is 0 Å². The van der Waals surface area contributed by atoms with Crippen LogP contribution in [-0.2, 0) is 0 Å². The van der Waals surface area contributed by atoms with Gasteiger partial charge < -0.3 is 5.73 Å². The van der Waals surface area contributed by atoms with Crippen LogP contribution in [0, 0.1) is 12.8 Å². The largest absolute Gasteiger partial charge is 0.329 e. The highest BCUT2D eigenvalue weighted by Gasteiger charge is 2.39. The Labute approximate surface area is 116 Å². The molecule has 0 bridgehead atoms. The van der Waals surface area contributed by atoms with E-state index in [1.807, 2.05) is 12.4 Å². The molecule has 2 N–H and O–H groups in total. The third-order valence-corrected chi connectivity index (χ3v) is 5.12. The third kappa shape index (κ3) is 2.41. The van der Waals surface area contributed by atoms with Crippen LogP contribution in [0.5, 0.6) is 0 Å². The van der Waals surface area contributed by atoms with E-state index in [9.17, 15) is 0 Å². The Morgan fingerprint density at radius 3 is 3.00 bits per heavy atom. The number of hydrogen-bond acceptors (Lipinski definition) is 3. The van der Waals surface area contributed by atoms with Gasteiger partial charge in [-0.1, -0.05) is 12.8 Å². The standard InChI is InChI=1S/C16H25N3/c1-12-6-8-18-11-14(12)16(10-17)19-9-7-13-4-2-3-5-15(13)19/h6,8,11,13,15-16H,2-5,7,9-10,17H2,1H3. The molecule has 1 saturated heterocycles. The van der Waals surface area contributed by atoms with Gasteiger partial charge in [-0.3, -0.25) is 9.88 Å². The summed E-state index contributed by atoms with van der Waals surface area (Å²) in [5.41, 5.74) is 8.76. The normalized spacial score (nSPS) is 29.2. The molecule has 104 valence electrons. The van der Waals surface area contributed by atoms with Crippen molar-refractivity contribution in [3.05, 3.63) is 29.6 Å². The smallest absolute Gasteiger partial charge is 0.0491 e. The number of fused-ring (bicyclic) bond motifs is 1. The summed E-state index contributed by atoms with van der Waals surface area (Å²) in [6, 6.07) is 3.23.